The van der Waals surface area contributed by atoms with E-state index in [1.807, 2.05) is 11.0 Å². The van der Waals surface area contributed by atoms with E-state index in [1.165, 1.54) is 0 Å². The second kappa shape index (κ2) is 4.28. The molecule has 22 heavy (non-hydrogen) atoms. The Balaban J connectivity index is 1.83. The van der Waals surface area contributed by atoms with Gasteiger partial charge in [0.25, 0.3) is 0 Å². The van der Waals surface area contributed by atoms with Gasteiger partial charge in [0.2, 0.25) is 0 Å². The Kier molecular flexibility index (Phi) is 2.36. The average Bonchev–Trinajstić information content (AvgIpc) is 3.25. The lowest BCUT2D eigenvalue weighted by molar-refractivity contribution is 1.17. The maximum absolute atomic E-state index is 5.97. The Morgan fingerprint density at radius 3 is 2.18 bits per heavy atom. The van der Waals surface area contributed by atoms with Gasteiger partial charge in [-0.05, 0) is 12.1 Å². The van der Waals surface area contributed by atoms with E-state index in [1.54, 1.807) is 6.07 Å². The molecule has 3 aromatic heterocycles. The van der Waals surface area contributed by atoms with Gasteiger partial charge in [0.1, 0.15) is 11.0 Å². The molecule has 12 heteroatoms. The van der Waals surface area contributed by atoms with Crippen molar-refractivity contribution in [1.82, 2.24) is 26.2 Å². The maximum atomic E-state index is 5.97. The molecule has 108 valence electrons. The highest BCUT2D eigenvalue weighted by Crippen LogP contribution is 2.47. The Bertz CT molecular complexity index is 962. The van der Waals surface area contributed by atoms with Crippen molar-refractivity contribution in [3.63, 3.8) is 0 Å². The Morgan fingerprint density at radius 2 is 1.45 bits per heavy atom. The van der Waals surface area contributed by atoms with Gasteiger partial charge in [0.05, 0.1) is 46.6 Å². The van der Waals surface area contributed by atoms with E-state index in [9.17, 15) is 0 Å². The van der Waals surface area contributed by atoms with E-state index in [4.69, 9.17) is 5.73 Å². The molecular weight excluding hydrogens is 342 g/mol. The zero-order valence-corrected chi connectivity index (χ0v) is 13.0. The first-order valence-electron chi connectivity index (χ1n) is 6.06. The number of hydrogen-bond donors (Lipinski definition) is 2. The van der Waals surface area contributed by atoms with Crippen LogP contribution >= 0.6 is 35.2 Å². The van der Waals surface area contributed by atoms with Gasteiger partial charge < -0.3 is 11.1 Å². The number of benzene rings is 1. The SMILES string of the molecule is Nc1ccc(N2c3nsnc3Nc3nsnc32)c2nsnc12. The quantitative estimate of drug-likeness (QED) is 0.441. The lowest BCUT2D eigenvalue weighted by atomic mass is 10.2. The van der Waals surface area contributed by atoms with Crippen LogP contribution in [0.25, 0.3) is 11.0 Å². The smallest absolute Gasteiger partial charge is 0.197 e. The topological polar surface area (TPSA) is 119 Å². The summed E-state index contributed by atoms with van der Waals surface area (Å²) in [4.78, 5) is 1.89. The minimum atomic E-state index is 0.593. The van der Waals surface area contributed by atoms with Crippen LogP contribution in [0.4, 0.5) is 34.6 Å². The summed E-state index contributed by atoms with van der Waals surface area (Å²) in [5.41, 5.74) is 8.76. The van der Waals surface area contributed by atoms with Gasteiger partial charge in [0.15, 0.2) is 23.3 Å². The van der Waals surface area contributed by atoms with E-state index >= 15 is 0 Å². The zero-order valence-electron chi connectivity index (χ0n) is 10.6. The fraction of sp³-hybridized carbons (Fsp3) is 0. The standard InChI is InChI=1S/C10H5N9S3/c11-3-1-2-4(6-5(3)13-20-14-6)19-9-7(15-21-17-9)12-8-10(19)18-22-16-8/h1-2H,11H2,(H,12,15,16). The molecule has 0 bridgehead atoms. The zero-order chi connectivity index (χ0) is 14.7. The van der Waals surface area contributed by atoms with Crippen molar-refractivity contribution < 1.29 is 0 Å². The van der Waals surface area contributed by atoms with Gasteiger partial charge in [0, 0.05) is 0 Å². The van der Waals surface area contributed by atoms with Gasteiger partial charge >= 0.3 is 0 Å². The Hall–Kier alpha value is -2.44. The minimum absolute atomic E-state index is 0.593. The molecule has 0 aliphatic carbocycles. The summed E-state index contributed by atoms with van der Waals surface area (Å²) in [6.45, 7) is 0. The van der Waals surface area contributed by atoms with Crippen LogP contribution in [0.3, 0.4) is 0 Å². The molecular formula is C10H5N9S3. The third kappa shape index (κ3) is 1.51. The molecule has 4 heterocycles. The van der Waals surface area contributed by atoms with Gasteiger partial charge in [-0.1, -0.05) is 0 Å². The third-order valence-corrected chi connectivity index (χ3v) is 4.84. The lowest BCUT2D eigenvalue weighted by Crippen LogP contribution is -2.18. The molecule has 0 amide bonds. The summed E-state index contributed by atoms with van der Waals surface area (Å²) in [7, 11) is 0. The number of anilines is 6. The number of rotatable bonds is 1. The number of nitrogens with two attached hydrogens (primary N) is 1. The van der Waals surface area contributed by atoms with Crippen molar-refractivity contribution in [3.05, 3.63) is 12.1 Å². The van der Waals surface area contributed by atoms with E-state index in [-0.39, 0.29) is 0 Å². The molecule has 1 aliphatic rings. The second-order valence-electron chi connectivity index (χ2n) is 4.47. The summed E-state index contributed by atoms with van der Waals surface area (Å²) in [6.07, 6.45) is 0. The van der Waals surface area contributed by atoms with Crippen LogP contribution in [-0.2, 0) is 0 Å². The maximum Gasteiger partial charge on any atom is 0.197 e. The third-order valence-electron chi connectivity index (χ3n) is 3.27. The van der Waals surface area contributed by atoms with Gasteiger partial charge in [-0.3, -0.25) is 4.90 Å². The molecule has 0 fully saturated rings. The lowest BCUT2D eigenvalue weighted by Gasteiger charge is -2.25. The first-order valence-corrected chi connectivity index (χ1v) is 8.25. The van der Waals surface area contributed by atoms with Gasteiger partial charge in [-0.2, -0.15) is 26.2 Å². The molecule has 4 aromatic rings. The number of nitrogens with zero attached hydrogens (tertiary/aromatic N) is 7. The van der Waals surface area contributed by atoms with Crippen LogP contribution in [0.15, 0.2) is 12.1 Å². The van der Waals surface area contributed by atoms with Crippen LogP contribution in [0.2, 0.25) is 0 Å². The molecule has 3 N–H and O–H groups in total. The fourth-order valence-corrected chi connectivity index (χ4v) is 3.88. The molecule has 0 spiro atoms. The number of nitrogen functional groups attached to an aromatic ring is 1. The van der Waals surface area contributed by atoms with Crippen LogP contribution in [0, 0.1) is 0 Å². The molecule has 1 aliphatic heterocycles. The first-order chi connectivity index (χ1) is 10.8. The predicted octanol–water partition coefficient (Wildman–Crippen LogP) is 2.50. The van der Waals surface area contributed by atoms with E-state index < -0.39 is 0 Å². The molecule has 0 saturated heterocycles. The predicted molar refractivity (Wildman–Crippen MR) is 86.7 cm³/mol. The molecule has 0 radical (unpaired) electrons. The van der Waals surface area contributed by atoms with Crippen molar-refractivity contribution in [1.29, 1.82) is 0 Å². The van der Waals surface area contributed by atoms with Crippen molar-refractivity contribution in [2.75, 3.05) is 16.0 Å². The number of hydrogen-bond acceptors (Lipinski definition) is 12. The van der Waals surface area contributed by atoms with Crippen LogP contribution in [0.1, 0.15) is 0 Å². The highest BCUT2D eigenvalue weighted by molar-refractivity contribution is 7.00. The normalized spacial score (nSPS) is 13.0. The van der Waals surface area contributed by atoms with Gasteiger partial charge in [-0.15, -0.1) is 0 Å². The van der Waals surface area contributed by atoms with Crippen molar-refractivity contribution in [2.24, 2.45) is 0 Å². The Morgan fingerprint density at radius 1 is 0.818 bits per heavy atom. The average molecular weight is 347 g/mol. The molecule has 0 atom stereocenters. The van der Waals surface area contributed by atoms with Crippen molar-refractivity contribution >= 4 is 80.9 Å². The number of fused-ring (bicyclic) bond motifs is 3. The van der Waals surface area contributed by atoms with E-state index in [0.717, 1.165) is 40.9 Å². The molecule has 5 rings (SSSR count). The van der Waals surface area contributed by atoms with Crippen LogP contribution < -0.4 is 16.0 Å². The number of nitrogens with one attached hydrogen (secondary N) is 1. The molecule has 0 saturated carbocycles. The summed E-state index contributed by atoms with van der Waals surface area (Å²) < 4.78 is 25.9. The summed E-state index contributed by atoms with van der Waals surface area (Å²) in [6, 6.07) is 3.69. The monoisotopic (exact) mass is 347 g/mol. The summed E-state index contributed by atoms with van der Waals surface area (Å²) in [5.74, 6) is 2.64. The highest BCUT2D eigenvalue weighted by atomic mass is 32.1. The fourth-order valence-electron chi connectivity index (χ4n) is 2.31. The molecule has 0 unspecified atom stereocenters. The van der Waals surface area contributed by atoms with Crippen LogP contribution in [-0.4, -0.2) is 26.2 Å². The van der Waals surface area contributed by atoms with Crippen molar-refractivity contribution in [3.8, 4) is 0 Å². The molecule has 9 nitrogen and oxygen atoms in total. The minimum Gasteiger partial charge on any atom is -0.397 e. The van der Waals surface area contributed by atoms with E-state index in [0.29, 0.717) is 40.0 Å². The van der Waals surface area contributed by atoms with Gasteiger partial charge in [-0.25, -0.2) is 0 Å². The van der Waals surface area contributed by atoms with Crippen LogP contribution in [0.5, 0.6) is 0 Å². The molecule has 1 aromatic carbocycles. The highest BCUT2D eigenvalue weighted by Gasteiger charge is 2.32. The van der Waals surface area contributed by atoms with Crippen molar-refractivity contribution in [2.45, 2.75) is 0 Å². The van der Waals surface area contributed by atoms with E-state index in [2.05, 4.69) is 31.6 Å². The summed E-state index contributed by atoms with van der Waals surface area (Å²) in [5, 5.41) is 3.13. The Labute approximate surface area is 135 Å². The first kappa shape index (κ1) is 12.1. The second-order valence-corrected chi connectivity index (χ2v) is 6.05. The number of aromatic nitrogens is 6. The summed E-state index contributed by atoms with van der Waals surface area (Å²) >= 11 is 3.37. The largest absolute Gasteiger partial charge is 0.397 e.